The molecule has 474 valence electrons. The van der Waals surface area contributed by atoms with Gasteiger partial charge in [-0.3, -0.25) is 14.4 Å². The molecule has 81 heavy (non-hydrogen) atoms. The van der Waals surface area contributed by atoms with E-state index in [-0.39, 0.29) is 31.1 Å². The van der Waals surface area contributed by atoms with Gasteiger partial charge in [-0.15, -0.1) is 0 Å². The average Bonchev–Trinajstić information content (AvgIpc) is 3.47. The van der Waals surface area contributed by atoms with Gasteiger partial charge in [0.15, 0.2) is 6.10 Å². The smallest absolute Gasteiger partial charge is 0.306 e. The van der Waals surface area contributed by atoms with Crippen molar-refractivity contribution in [2.45, 2.75) is 399 Å². The summed E-state index contributed by atoms with van der Waals surface area (Å²) >= 11 is 0. The summed E-state index contributed by atoms with van der Waals surface area (Å²) < 4.78 is 17.0. The Morgan fingerprint density at radius 1 is 0.247 bits per heavy atom. The van der Waals surface area contributed by atoms with Crippen LogP contribution < -0.4 is 0 Å². The summed E-state index contributed by atoms with van der Waals surface area (Å²) in [5.41, 5.74) is 0. The molecule has 0 bridgehead atoms. The standard InChI is InChI=1S/C75H138O6/c1-4-7-10-13-16-19-22-25-28-30-32-34-36-37-39-40-42-44-47-50-53-56-59-62-65-68-74(77)80-71-72(70-79-73(76)67-64-61-58-55-52-49-46-27-24-21-18-15-12-9-6-3)81-75(78)69-66-63-60-57-54-51-48-45-43-41-38-35-33-31-29-26-23-20-17-14-11-8-5-2/h18,21,27,30-33,46,72H,4-17,19-20,22-26,28-29,34-45,47-71H2,1-3H3/b21-18-,32-30-,33-31-,46-27-. The van der Waals surface area contributed by atoms with E-state index in [2.05, 4.69) is 69.4 Å². The van der Waals surface area contributed by atoms with Gasteiger partial charge in [0.2, 0.25) is 0 Å². The van der Waals surface area contributed by atoms with Gasteiger partial charge in [0, 0.05) is 19.3 Å². The summed E-state index contributed by atoms with van der Waals surface area (Å²) in [6.07, 6.45) is 88.6. The van der Waals surface area contributed by atoms with E-state index in [0.717, 1.165) is 77.0 Å². The first-order valence-corrected chi connectivity index (χ1v) is 36.1. The van der Waals surface area contributed by atoms with Crippen molar-refractivity contribution in [1.29, 1.82) is 0 Å². The predicted octanol–water partition coefficient (Wildman–Crippen LogP) is 24.9. The highest BCUT2D eigenvalue weighted by molar-refractivity contribution is 5.71. The summed E-state index contributed by atoms with van der Waals surface area (Å²) in [6.45, 7) is 6.67. The molecule has 0 aromatic rings. The molecule has 0 saturated heterocycles. The van der Waals surface area contributed by atoms with Gasteiger partial charge in [0.1, 0.15) is 13.2 Å². The second-order valence-corrected chi connectivity index (χ2v) is 24.5. The molecule has 6 nitrogen and oxygen atoms in total. The maximum absolute atomic E-state index is 13.0. The minimum absolute atomic E-state index is 0.0746. The van der Waals surface area contributed by atoms with Crippen LogP contribution in [0.4, 0.5) is 0 Å². The monoisotopic (exact) mass is 1140 g/mol. The molecule has 1 unspecified atom stereocenters. The lowest BCUT2D eigenvalue weighted by Crippen LogP contribution is -2.30. The van der Waals surface area contributed by atoms with Crippen molar-refractivity contribution in [3.8, 4) is 0 Å². The van der Waals surface area contributed by atoms with Crippen molar-refractivity contribution in [3.05, 3.63) is 48.6 Å². The fourth-order valence-corrected chi connectivity index (χ4v) is 10.8. The van der Waals surface area contributed by atoms with Gasteiger partial charge in [-0.05, 0) is 103 Å². The largest absolute Gasteiger partial charge is 0.462 e. The van der Waals surface area contributed by atoms with Gasteiger partial charge < -0.3 is 14.2 Å². The molecular formula is C75H138O6. The number of allylic oxidation sites excluding steroid dienone is 8. The normalized spacial score (nSPS) is 12.3. The van der Waals surface area contributed by atoms with Crippen LogP contribution in [0.1, 0.15) is 393 Å². The molecule has 0 aliphatic carbocycles. The molecule has 0 aromatic carbocycles. The minimum atomic E-state index is -0.780. The number of unbranched alkanes of at least 4 members (excludes halogenated alkanes) is 48. The van der Waals surface area contributed by atoms with Crippen LogP contribution in [0.5, 0.6) is 0 Å². The van der Waals surface area contributed by atoms with Gasteiger partial charge in [-0.2, -0.15) is 0 Å². The summed E-state index contributed by atoms with van der Waals surface area (Å²) in [4.78, 5) is 38.5. The zero-order chi connectivity index (χ0) is 58.5. The highest BCUT2D eigenvalue weighted by atomic mass is 16.6. The van der Waals surface area contributed by atoms with Crippen LogP contribution >= 0.6 is 0 Å². The number of ether oxygens (including phenoxy) is 3. The van der Waals surface area contributed by atoms with E-state index in [1.54, 1.807) is 0 Å². The molecule has 0 aromatic heterocycles. The SMILES string of the molecule is CCCCC/C=C\C/C=C\CCCCCCCC(=O)OCC(COC(=O)CCCCCCCCCCCCCCC/C=C\CCCCCCCCCC)OC(=O)CCCCCCCCCCCCC/C=C\CCCCCCCCCC. The lowest BCUT2D eigenvalue weighted by atomic mass is 10.0. The maximum Gasteiger partial charge on any atom is 0.306 e. The van der Waals surface area contributed by atoms with Crippen molar-refractivity contribution in [1.82, 2.24) is 0 Å². The molecular weight excluding hydrogens is 997 g/mol. The van der Waals surface area contributed by atoms with Crippen LogP contribution in [0.3, 0.4) is 0 Å². The first-order valence-electron chi connectivity index (χ1n) is 36.1. The molecule has 1 atom stereocenters. The Balaban J connectivity index is 4.28. The Morgan fingerprint density at radius 2 is 0.444 bits per heavy atom. The third-order valence-corrected chi connectivity index (χ3v) is 16.3. The molecule has 0 saturated carbocycles. The fraction of sp³-hybridized carbons (Fsp3) is 0.853. The molecule has 0 aliphatic heterocycles. The number of hydrogen-bond acceptors (Lipinski definition) is 6. The Bertz CT molecular complexity index is 1400. The minimum Gasteiger partial charge on any atom is -0.462 e. The van der Waals surface area contributed by atoms with E-state index in [4.69, 9.17) is 14.2 Å². The lowest BCUT2D eigenvalue weighted by molar-refractivity contribution is -0.167. The molecule has 6 heteroatoms. The number of esters is 3. The van der Waals surface area contributed by atoms with Gasteiger partial charge in [-0.1, -0.05) is 320 Å². The number of carbonyl (C=O) groups excluding carboxylic acids is 3. The quantitative estimate of drug-likeness (QED) is 0.0261. The van der Waals surface area contributed by atoms with Gasteiger partial charge in [0.25, 0.3) is 0 Å². The third kappa shape index (κ3) is 68.0. The molecule has 0 radical (unpaired) electrons. The summed E-state index contributed by atoms with van der Waals surface area (Å²) in [5, 5.41) is 0. The van der Waals surface area contributed by atoms with Crippen LogP contribution in [0, 0.1) is 0 Å². The molecule has 0 spiro atoms. The Kier molecular flexibility index (Phi) is 67.6. The average molecular weight is 1140 g/mol. The van der Waals surface area contributed by atoms with E-state index in [1.165, 1.54) is 276 Å². The van der Waals surface area contributed by atoms with E-state index in [0.29, 0.717) is 19.3 Å². The van der Waals surface area contributed by atoms with Crippen molar-refractivity contribution in [2.24, 2.45) is 0 Å². The first kappa shape index (κ1) is 78.4. The Morgan fingerprint density at radius 3 is 0.716 bits per heavy atom. The Labute approximate surface area is 505 Å². The number of hydrogen-bond donors (Lipinski definition) is 0. The second-order valence-electron chi connectivity index (χ2n) is 24.5. The highest BCUT2D eigenvalue weighted by Gasteiger charge is 2.19. The molecule has 0 amide bonds. The first-order chi connectivity index (χ1) is 40.0. The third-order valence-electron chi connectivity index (χ3n) is 16.3. The van der Waals surface area contributed by atoms with Crippen molar-refractivity contribution in [2.75, 3.05) is 13.2 Å². The van der Waals surface area contributed by atoms with Gasteiger partial charge >= 0.3 is 17.9 Å². The topological polar surface area (TPSA) is 78.9 Å². The van der Waals surface area contributed by atoms with Crippen LogP contribution in [0.25, 0.3) is 0 Å². The molecule has 0 fully saturated rings. The van der Waals surface area contributed by atoms with Crippen LogP contribution in [-0.2, 0) is 28.6 Å². The van der Waals surface area contributed by atoms with Crippen molar-refractivity contribution in [3.63, 3.8) is 0 Å². The van der Waals surface area contributed by atoms with E-state index < -0.39 is 6.10 Å². The molecule has 0 rings (SSSR count). The van der Waals surface area contributed by atoms with Crippen molar-refractivity contribution >= 4 is 17.9 Å². The van der Waals surface area contributed by atoms with Crippen LogP contribution in [0.15, 0.2) is 48.6 Å². The zero-order valence-corrected chi connectivity index (χ0v) is 54.6. The lowest BCUT2D eigenvalue weighted by Gasteiger charge is -2.18. The van der Waals surface area contributed by atoms with E-state index in [9.17, 15) is 14.4 Å². The molecule has 0 heterocycles. The number of rotatable bonds is 67. The number of carbonyl (C=O) groups is 3. The van der Waals surface area contributed by atoms with Crippen LogP contribution in [0.2, 0.25) is 0 Å². The van der Waals surface area contributed by atoms with Crippen molar-refractivity contribution < 1.29 is 28.6 Å². The highest BCUT2D eigenvalue weighted by Crippen LogP contribution is 2.18. The molecule has 0 N–H and O–H groups in total. The maximum atomic E-state index is 13.0. The fourth-order valence-electron chi connectivity index (χ4n) is 10.8. The summed E-state index contributed by atoms with van der Waals surface area (Å²) in [6, 6.07) is 0. The van der Waals surface area contributed by atoms with Gasteiger partial charge in [-0.25, -0.2) is 0 Å². The van der Waals surface area contributed by atoms with E-state index in [1.807, 2.05) is 0 Å². The van der Waals surface area contributed by atoms with Crippen LogP contribution in [-0.4, -0.2) is 37.2 Å². The van der Waals surface area contributed by atoms with E-state index >= 15 is 0 Å². The second kappa shape index (κ2) is 69.9. The van der Waals surface area contributed by atoms with Gasteiger partial charge in [0.05, 0.1) is 0 Å². The molecule has 0 aliphatic rings. The predicted molar refractivity (Wildman–Crippen MR) is 353 cm³/mol. The Hall–Kier alpha value is -2.63. The zero-order valence-electron chi connectivity index (χ0n) is 54.6. The summed E-state index contributed by atoms with van der Waals surface area (Å²) in [7, 11) is 0. The summed E-state index contributed by atoms with van der Waals surface area (Å²) in [5.74, 6) is -0.864.